The van der Waals surface area contributed by atoms with E-state index >= 15 is 4.39 Å². The number of hydrogen-bond donors (Lipinski definition) is 1. The van der Waals surface area contributed by atoms with Crippen molar-refractivity contribution in [3.05, 3.63) is 101 Å². The average molecular weight is 578 g/mol. The average Bonchev–Trinajstić information content (AvgIpc) is 3.27. The monoisotopic (exact) mass is 577 g/mol. The standard InChI is InChI=1S/C30H22ClF2N3O5/c31-20-7-4-19(22(32)14-20)16-40-28-3-1-2-24(34-28)17-6-9-27(23(33)12-17)41-30-35-25-8-5-18(29(37)38)13-26(25)36(30)15-21-10-11-39-21/h1-9,12-14,21H,10-11,15-16H2,(H,37,38)/t21-/m0/s1. The van der Waals surface area contributed by atoms with E-state index < -0.39 is 17.6 Å². The van der Waals surface area contributed by atoms with E-state index in [1.54, 1.807) is 41.0 Å². The fraction of sp³-hybridized carbons (Fsp3) is 0.167. The molecule has 2 aromatic heterocycles. The zero-order chi connectivity index (χ0) is 28.5. The van der Waals surface area contributed by atoms with Crippen LogP contribution in [0.2, 0.25) is 5.02 Å². The molecule has 208 valence electrons. The third-order valence-electron chi connectivity index (χ3n) is 6.68. The molecule has 0 radical (unpaired) electrons. The molecule has 1 atom stereocenters. The SMILES string of the molecule is O=C(O)c1ccc2nc(Oc3ccc(-c4cccc(OCc5ccc(Cl)cc5F)n4)cc3F)n(C[C@@H]3CCO3)c2c1. The van der Waals surface area contributed by atoms with Crippen molar-refractivity contribution in [1.82, 2.24) is 14.5 Å². The molecular weight excluding hydrogens is 556 g/mol. The Hall–Kier alpha value is -4.54. The third kappa shape index (κ3) is 5.70. The molecule has 11 heteroatoms. The molecule has 0 unspecified atom stereocenters. The number of rotatable bonds is 9. The number of ether oxygens (including phenoxy) is 3. The second-order valence-corrected chi connectivity index (χ2v) is 9.86. The van der Waals surface area contributed by atoms with Gasteiger partial charge in [0.1, 0.15) is 12.4 Å². The van der Waals surface area contributed by atoms with Crippen molar-refractivity contribution in [2.75, 3.05) is 6.61 Å². The highest BCUT2D eigenvalue weighted by atomic mass is 35.5. The van der Waals surface area contributed by atoms with Gasteiger partial charge in [0.2, 0.25) is 5.88 Å². The number of fused-ring (bicyclic) bond motifs is 1. The fourth-order valence-electron chi connectivity index (χ4n) is 4.41. The normalized spacial score (nSPS) is 14.6. The maximum absolute atomic E-state index is 15.3. The van der Waals surface area contributed by atoms with E-state index in [0.717, 1.165) is 6.42 Å². The van der Waals surface area contributed by atoms with Crippen molar-refractivity contribution in [3.63, 3.8) is 0 Å². The van der Waals surface area contributed by atoms with Gasteiger partial charge in [-0.25, -0.2) is 18.6 Å². The predicted octanol–water partition coefficient (Wildman–Crippen LogP) is 6.89. The quantitative estimate of drug-likeness (QED) is 0.204. The Morgan fingerprint density at radius 1 is 1.05 bits per heavy atom. The van der Waals surface area contributed by atoms with E-state index in [1.807, 2.05) is 0 Å². The molecule has 3 aromatic carbocycles. The summed E-state index contributed by atoms with van der Waals surface area (Å²) in [5.74, 6) is -2.02. The van der Waals surface area contributed by atoms with Crippen molar-refractivity contribution < 1.29 is 32.9 Å². The van der Waals surface area contributed by atoms with Crippen LogP contribution in [0.25, 0.3) is 22.3 Å². The van der Waals surface area contributed by atoms with Crippen LogP contribution in [0.4, 0.5) is 8.78 Å². The maximum atomic E-state index is 15.3. The first-order valence-electron chi connectivity index (χ1n) is 12.7. The summed E-state index contributed by atoms with van der Waals surface area (Å²) >= 11 is 5.80. The van der Waals surface area contributed by atoms with Crippen molar-refractivity contribution >= 4 is 28.6 Å². The molecule has 6 rings (SSSR count). The molecule has 1 N–H and O–H groups in total. The van der Waals surface area contributed by atoms with E-state index in [-0.39, 0.29) is 40.9 Å². The molecule has 3 heterocycles. The first kappa shape index (κ1) is 26.7. The van der Waals surface area contributed by atoms with Crippen LogP contribution in [0.15, 0.2) is 72.8 Å². The minimum Gasteiger partial charge on any atom is -0.478 e. The Morgan fingerprint density at radius 3 is 2.63 bits per heavy atom. The van der Waals surface area contributed by atoms with Crippen LogP contribution in [-0.2, 0) is 17.9 Å². The Balaban J connectivity index is 1.24. The molecule has 0 aliphatic carbocycles. The molecule has 1 fully saturated rings. The van der Waals surface area contributed by atoms with Crippen molar-refractivity contribution in [3.8, 4) is 28.9 Å². The molecule has 1 aliphatic heterocycles. The lowest BCUT2D eigenvalue weighted by atomic mass is 10.1. The van der Waals surface area contributed by atoms with Crippen molar-refractivity contribution in [1.29, 1.82) is 0 Å². The molecular formula is C30H22ClF2N3O5. The van der Waals surface area contributed by atoms with E-state index in [0.29, 0.717) is 41.0 Å². The summed E-state index contributed by atoms with van der Waals surface area (Å²) in [7, 11) is 0. The second-order valence-electron chi connectivity index (χ2n) is 9.43. The second kappa shape index (κ2) is 11.1. The number of carbonyl (C=O) groups is 1. The summed E-state index contributed by atoms with van der Waals surface area (Å²) in [5.41, 5.74) is 2.41. The van der Waals surface area contributed by atoms with Gasteiger partial charge in [-0.1, -0.05) is 23.7 Å². The Labute approximate surface area is 237 Å². The third-order valence-corrected chi connectivity index (χ3v) is 6.92. The van der Waals surface area contributed by atoms with Gasteiger partial charge in [0, 0.05) is 28.8 Å². The van der Waals surface area contributed by atoms with E-state index in [2.05, 4.69) is 9.97 Å². The molecule has 1 saturated heterocycles. The van der Waals surface area contributed by atoms with Gasteiger partial charge in [-0.05, 0) is 61.0 Å². The number of benzene rings is 3. The van der Waals surface area contributed by atoms with Crippen LogP contribution in [0.3, 0.4) is 0 Å². The van der Waals surface area contributed by atoms with Gasteiger partial charge in [-0.2, -0.15) is 4.98 Å². The minimum atomic E-state index is -1.07. The van der Waals surface area contributed by atoms with E-state index in [1.165, 1.54) is 36.4 Å². The summed E-state index contributed by atoms with van der Waals surface area (Å²) < 4.78 is 48.2. The highest BCUT2D eigenvalue weighted by Crippen LogP contribution is 2.32. The number of aromatic nitrogens is 3. The summed E-state index contributed by atoms with van der Waals surface area (Å²) in [6.45, 7) is 0.967. The molecule has 1 aliphatic rings. The zero-order valence-electron chi connectivity index (χ0n) is 21.4. The van der Waals surface area contributed by atoms with Gasteiger partial charge in [-0.15, -0.1) is 0 Å². The number of carboxylic acid groups (broad SMARTS) is 1. The molecule has 0 spiro atoms. The number of carboxylic acids is 1. The lowest BCUT2D eigenvalue weighted by Crippen LogP contribution is -2.31. The number of imidazole rings is 1. The van der Waals surface area contributed by atoms with Gasteiger partial charge in [-0.3, -0.25) is 4.57 Å². The number of pyridine rings is 1. The molecule has 41 heavy (non-hydrogen) atoms. The molecule has 8 nitrogen and oxygen atoms in total. The molecule has 0 amide bonds. The maximum Gasteiger partial charge on any atom is 0.335 e. The lowest BCUT2D eigenvalue weighted by molar-refractivity contribution is -0.0593. The summed E-state index contributed by atoms with van der Waals surface area (Å²) in [6.07, 6.45) is 0.762. The molecule has 5 aromatic rings. The van der Waals surface area contributed by atoms with Gasteiger partial charge < -0.3 is 19.3 Å². The van der Waals surface area contributed by atoms with Gasteiger partial charge in [0.15, 0.2) is 11.6 Å². The Kier molecular flexibility index (Phi) is 7.25. The molecule has 0 bridgehead atoms. The Morgan fingerprint density at radius 2 is 1.90 bits per heavy atom. The zero-order valence-corrected chi connectivity index (χ0v) is 22.1. The number of nitrogens with zero attached hydrogens (tertiary/aromatic N) is 3. The summed E-state index contributed by atoms with van der Waals surface area (Å²) in [5, 5.41) is 9.71. The van der Waals surface area contributed by atoms with Crippen LogP contribution in [0, 0.1) is 11.6 Å². The van der Waals surface area contributed by atoms with Crippen LogP contribution in [0.5, 0.6) is 17.6 Å². The van der Waals surface area contributed by atoms with Gasteiger partial charge in [0.25, 0.3) is 0 Å². The first-order valence-corrected chi connectivity index (χ1v) is 13.1. The number of aromatic carboxylic acids is 1. The predicted molar refractivity (Wildman–Crippen MR) is 146 cm³/mol. The topological polar surface area (TPSA) is 95.7 Å². The smallest absolute Gasteiger partial charge is 0.335 e. The Bertz CT molecular complexity index is 1770. The van der Waals surface area contributed by atoms with Crippen LogP contribution >= 0.6 is 11.6 Å². The molecule has 0 saturated carbocycles. The highest BCUT2D eigenvalue weighted by Gasteiger charge is 2.24. The largest absolute Gasteiger partial charge is 0.478 e. The van der Waals surface area contributed by atoms with Crippen LogP contribution in [-0.4, -0.2) is 38.3 Å². The van der Waals surface area contributed by atoms with Gasteiger partial charge in [0.05, 0.1) is 34.9 Å². The lowest BCUT2D eigenvalue weighted by Gasteiger charge is -2.27. The van der Waals surface area contributed by atoms with Crippen LogP contribution in [0.1, 0.15) is 22.3 Å². The van der Waals surface area contributed by atoms with Crippen LogP contribution < -0.4 is 9.47 Å². The van der Waals surface area contributed by atoms with E-state index in [9.17, 15) is 14.3 Å². The van der Waals surface area contributed by atoms with Crippen molar-refractivity contribution in [2.24, 2.45) is 0 Å². The minimum absolute atomic E-state index is 0.0541. The van der Waals surface area contributed by atoms with Gasteiger partial charge >= 0.3 is 12.0 Å². The first-order chi connectivity index (χ1) is 19.8. The number of halogens is 3. The highest BCUT2D eigenvalue weighted by molar-refractivity contribution is 6.30. The number of hydrogen-bond acceptors (Lipinski definition) is 6. The fourth-order valence-corrected chi connectivity index (χ4v) is 4.57. The van der Waals surface area contributed by atoms with Crippen molar-refractivity contribution in [2.45, 2.75) is 25.7 Å². The summed E-state index contributed by atoms with van der Waals surface area (Å²) in [4.78, 5) is 20.4. The summed E-state index contributed by atoms with van der Waals surface area (Å²) in [6, 6.07) is 18.4. The van der Waals surface area contributed by atoms with E-state index in [4.69, 9.17) is 25.8 Å².